The fourth-order valence-electron chi connectivity index (χ4n) is 3.06. The molecule has 0 saturated carbocycles. The number of pyridine rings is 1. The van der Waals surface area contributed by atoms with Crippen molar-refractivity contribution in [3.05, 3.63) is 23.6 Å². The number of nitrogens with one attached hydrogen (secondary N) is 1. The number of nitrogens with zero attached hydrogens (tertiary/aromatic N) is 4. The van der Waals surface area contributed by atoms with Gasteiger partial charge in [-0.2, -0.15) is 0 Å². The lowest BCUT2D eigenvalue weighted by Crippen LogP contribution is -2.62. The molecule has 3 heterocycles. The average Bonchev–Trinajstić information content (AvgIpc) is 2.58. The van der Waals surface area contributed by atoms with Gasteiger partial charge in [-0.3, -0.25) is 4.98 Å². The Morgan fingerprint density at radius 2 is 2.15 bits per heavy atom. The van der Waals surface area contributed by atoms with Crippen molar-refractivity contribution in [2.45, 2.75) is 26.4 Å². The molecule has 26 heavy (non-hydrogen) atoms. The van der Waals surface area contributed by atoms with Gasteiger partial charge >= 0.3 is 6.09 Å². The van der Waals surface area contributed by atoms with E-state index in [1.54, 1.807) is 18.5 Å². The third-order valence-corrected chi connectivity index (χ3v) is 4.98. The van der Waals surface area contributed by atoms with Gasteiger partial charge in [-0.25, -0.2) is 14.8 Å². The van der Waals surface area contributed by atoms with Gasteiger partial charge in [0.15, 0.2) is 5.82 Å². The van der Waals surface area contributed by atoms with E-state index < -0.39 is 11.7 Å². The van der Waals surface area contributed by atoms with E-state index in [0.29, 0.717) is 41.7 Å². The molecule has 3 rings (SSSR count). The van der Waals surface area contributed by atoms with Gasteiger partial charge < -0.3 is 20.1 Å². The number of aromatic nitrogens is 3. The molecule has 1 amide bonds. The van der Waals surface area contributed by atoms with Crippen LogP contribution in [0.4, 0.5) is 10.6 Å². The molecule has 0 radical (unpaired) electrons. The highest BCUT2D eigenvalue weighted by Gasteiger charge is 2.47. The smallest absolute Gasteiger partial charge is 0.407 e. The van der Waals surface area contributed by atoms with E-state index in [2.05, 4.69) is 20.3 Å². The van der Waals surface area contributed by atoms with Crippen molar-refractivity contribution in [1.82, 2.24) is 19.9 Å². The lowest BCUT2D eigenvalue weighted by molar-refractivity contribution is -0.150. The summed E-state index contributed by atoms with van der Waals surface area (Å²) >= 11 is 6.10. The normalized spacial score (nSPS) is 21.0. The second-order valence-corrected chi connectivity index (χ2v) is 7.76. The lowest BCUT2D eigenvalue weighted by Gasteiger charge is -2.49. The molecule has 2 aromatic rings. The number of carbonyl (C=O) groups is 1. The molecule has 1 atom stereocenters. The Hall–Kier alpha value is -2.19. The summed E-state index contributed by atoms with van der Waals surface area (Å²) in [7, 11) is 0. The second-order valence-electron chi connectivity index (χ2n) is 7.37. The Kier molecular flexibility index (Phi) is 4.90. The van der Waals surface area contributed by atoms with Crippen molar-refractivity contribution >= 4 is 34.5 Å². The number of anilines is 1. The minimum atomic E-state index is -0.945. The van der Waals surface area contributed by atoms with Crippen LogP contribution in [0.5, 0.6) is 0 Å². The van der Waals surface area contributed by atoms with Gasteiger partial charge in [0.1, 0.15) is 16.3 Å². The minimum Gasteiger partial charge on any atom is -0.465 e. The summed E-state index contributed by atoms with van der Waals surface area (Å²) < 4.78 is 6.11. The summed E-state index contributed by atoms with van der Waals surface area (Å²) in [6, 6.07) is 1.65. The molecule has 1 aliphatic rings. The zero-order chi connectivity index (χ0) is 18.9. The third kappa shape index (κ3) is 3.52. The molecule has 0 bridgehead atoms. The lowest BCUT2D eigenvalue weighted by atomic mass is 9.75. The summed E-state index contributed by atoms with van der Waals surface area (Å²) in [5.41, 5.74) is 0.208. The van der Waals surface area contributed by atoms with Crippen LogP contribution < -0.4 is 5.32 Å². The van der Waals surface area contributed by atoms with Gasteiger partial charge in [-0.15, -0.1) is 0 Å². The Morgan fingerprint density at radius 1 is 1.42 bits per heavy atom. The number of hydrogen-bond donors (Lipinski definition) is 2. The molecule has 1 fully saturated rings. The largest absolute Gasteiger partial charge is 0.465 e. The second kappa shape index (κ2) is 6.85. The maximum Gasteiger partial charge on any atom is 0.407 e. The van der Waals surface area contributed by atoms with Gasteiger partial charge in [0.25, 0.3) is 0 Å². The van der Waals surface area contributed by atoms with E-state index in [1.165, 1.54) is 4.90 Å². The van der Waals surface area contributed by atoms with Crippen molar-refractivity contribution in [1.29, 1.82) is 0 Å². The average molecular weight is 380 g/mol. The molecule has 9 heteroatoms. The summed E-state index contributed by atoms with van der Waals surface area (Å²) in [5, 5.41) is 13.0. The van der Waals surface area contributed by atoms with Crippen LogP contribution in [-0.4, -0.2) is 62.9 Å². The number of morpholine rings is 1. The number of rotatable bonds is 3. The Morgan fingerprint density at radius 3 is 2.85 bits per heavy atom. The van der Waals surface area contributed by atoms with E-state index in [1.807, 2.05) is 20.8 Å². The quantitative estimate of drug-likeness (QED) is 0.790. The maximum atomic E-state index is 11.5. The molecule has 2 aromatic heterocycles. The van der Waals surface area contributed by atoms with Crippen molar-refractivity contribution in [3.8, 4) is 0 Å². The molecule has 1 saturated heterocycles. The number of carboxylic acid groups (broad SMARTS) is 1. The van der Waals surface area contributed by atoms with Gasteiger partial charge in [0.2, 0.25) is 0 Å². The van der Waals surface area contributed by atoms with Gasteiger partial charge in [0.05, 0.1) is 18.7 Å². The predicted molar refractivity (Wildman–Crippen MR) is 98.6 cm³/mol. The zero-order valence-electron chi connectivity index (χ0n) is 15.0. The van der Waals surface area contributed by atoms with Crippen LogP contribution >= 0.6 is 11.6 Å². The Bertz CT molecular complexity index is 826. The number of hydrogen-bond acceptors (Lipinski definition) is 6. The van der Waals surface area contributed by atoms with Crippen LogP contribution in [-0.2, 0) is 4.74 Å². The summed E-state index contributed by atoms with van der Waals surface area (Å²) in [6.45, 7) is 7.42. The topological polar surface area (TPSA) is 100 Å². The van der Waals surface area contributed by atoms with Crippen molar-refractivity contribution < 1.29 is 14.6 Å². The molecule has 0 aliphatic carbocycles. The predicted octanol–water partition coefficient (Wildman–Crippen LogP) is 2.89. The van der Waals surface area contributed by atoms with E-state index >= 15 is 0 Å². The highest BCUT2D eigenvalue weighted by molar-refractivity contribution is 6.30. The highest BCUT2D eigenvalue weighted by atomic mass is 35.5. The monoisotopic (exact) mass is 379 g/mol. The van der Waals surface area contributed by atoms with E-state index in [-0.39, 0.29) is 12.0 Å². The molecule has 0 spiro atoms. The molecule has 0 aromatic carbocycles. The number of ether oxygens (including phenoxy) is 1. The molecule has 2 N–H and O–H groups in total. The third-order valence-electron chi connectivity index (χ3n) is 4.79. The molecular weight excluding hydrogens is 358 g/mol. The van der Waals surface area contributed by atoms with Gasteiger partial charge in [-0.05, 0) is 5.41 Å². The summed E-state index contributed by atoms with van der Waals surface area (Å²) in [6.07, 6.45) is 2.24. The van der Waals surface area contributed by atoms with Crippen molar-refractivity contribution in [2.75, 3.05) is 31.6 Å². The minimum absolute atomic E-state index is 0.267. The number of fused-ring (bicyclic) bond motifs is 1. The standard InChI is InChI=1S/C17H22ClN5O3/c1-16(2,3)17(10-23(15(24)25)6-7-26-17)9-21-14-13-11(8-12(18)22-14)19-4-5-20-13/h4-5,8H,6-7,9-10H2,1-3H3,(H,21,22)(H,24,25). The molecule has 8 nitrogen and oxygen atoms in total. The van der Waals surface area contributed by atoms with Crippen LogP contribution in [0.3, 0.4) is 0 Å². The summed E-state index contributed by atoms with van der Waals surface area (Å²) in [5.74, 6) is 0.500. The number of amides is 1. The fraction of sp³-hybridized carbons (Fsp3) is 0.529. The van der Waals surface area contributed by atoms with Crippen molar-refractivity contribution in [3.63, 3.8) is 0 Å². The molecule has 1 aliphatic heterocycles. The van der Waals surface area contributed by atoms with Crippen LogP contribution in [0.15, 0.2) is 18.5 Å². The molecular formula is C17H22ClN5O3. The first-order chi connectivity index (χ1) is 12.2. The van der Waals surface area contributed by atoms with Crippen LogP contribution in [0, 0.1) is 5.41 Å². The summed E-state index contributed by atoms with van der Waals surface area (Å²) in [4.78, 5) is 25.7. The van der Waals surface area contributed by atoms with Crippen LogP contribution in [0.25, 0.3) is 11.0 Å². The van der Waals surface area contributed by atoms with E-state index in [9.17, 15) is 9.90 Å². The van der Waals surface area contributed by atoms with E-state index in [0.717, 1.165) is 0 Å². The zero-order valence-corrected chi connectivity index (χ0v) is 15.7. The first kappa shape index (κ1) is 18.6. The van der Waals surface area contributed by atoms with Crippen molar-refractivity contribution in [2.24, 2.45) is 5.41 Å². The maximum absolute atomic E-state index is 11.5. The first-order valence-corrected chi connectivity index (χ1v) is 8.73. The van der Waals surface area contributed by atoms with E-state index in [4.69, 9.17) is 16.3 Å². The van der Waals surface area contributed by atoms with Crippen LogP contribution in [0.1, 0.15) is 20.8 Å². The fourth-order valence-corrected chi connectivity index (χ4v) is 3.25. The SMILES string of the molecule is CC(C)(C)C1(CNc2nc(Cl)cc3nccnc23)CN(C(=O)O)CCO1. The Balaban J connectivity index is 1.91. The van der Waals surface area contributed by atoms with Gasteiger partial charge in [-0.1, -0.05) is 32.4 Å². The Labute approximate surface area is 156 Å². The number of halogens is 1. The van der Waals surface area contributed by atoms with Crippen LogP contribution in [0.2, 0.25) is 5.15 Å². The first-order valence-electron chi connectivity index (χ1n) is 8.35. The molecule has 1 unspecified atom stereocenters. The highest BCUT2D eigenvalue weighted by Crippen LogP contribution is 2.37. The molecule has 140 valence electrons. The van der Waals surface area contributed by atoms with Gasteiger partial charge in [0, 0.05) is 31.5 Å².